The first-order valence-electron chi connectivity index (χ1n) is 7.30. The van der Waals surface area contributed by atoms with Gasteiger partial charge in [-0.1, -0.05) is 22.9 Å². The van der Waals surface area contributed by atoms with Gasteiger partial charge in [-0.2, -0.15) is 4.31 Å². The molecule has 1 fully saturated rings. The summed E-state index contributed by atoms with van der Waals surface area (Å²) < 4.78 is 28.3. The maximum atomic E-state index is 12.9. The molecule has 0 bridgehead atoms. The average molecular weight is 375 g/mol. The molecule has 0 aromatic heterocycles. The number of halogens is 1. The van der Waals surface area contributed by atoms with Crippen LogP contribution in [0.3, 0.4) is 0 Å². The van der Waals surface area contributed by atoms with Crippen molar-refractivity contribution in [2.24, 2.45) is 5.92 Å². The zero-order valence-electron chi connectivity index (χ0n) is 12.8. The van der Waals surface area contributed by atoms with E-state index in [0.717, 1.165) is 28.4 Å². The van der Waals surface area contributed by atoms with E-state index in [1.54, 1.807) is 10.4 Å². The van der Waals surface area contributed by atoms with Crippen LogP contribution in [0.5, 0.6) is 0 Å². The minimum Gasteiger partial charge on any atom is -0.316 e. The molecule has 0 atom stereocenters. The summed E-state index contributed by atoms with van der Waals surface area (Å²) >= 11 is 3.48. The Morgan fingerprint density at radius 3 is 2.52 bits per heavy atom. The van der Waals surface area contributed by atoms with Gasteiger partial charge < -0.3 is 5.32 Å². The topological polar surface area (TPSA) is 49.4 Å². The summed E-state index contributed by atoms with van der Waals surface area (Å²) in [7, 11) is -1.55. The van der Waals surface area contributed by atoms with Crippen molar-refractivity contribution in [1.82, 2.24) is 9.62 Å². The monoisotopic (exact) mass is 374 g/mol. The third-order valence-corrected chi connectivity index (χ3v) is 6.95. The molecule has 1 heterocycles. The number of nitrogens with zero attached hydrogens (tertiary/aromatic N) is 1. The Morgan fingerprint density at radius 1 is 1.33 bits per heavy atom. The van der Waals surface area contributed by atoms with Crippen molar-refractivity contribution in [2.75, 3.05) is 20.1 Å². The molecule has 0 unspecified atom stereocenters. The van der Waals surface area contributed by atoms with E-state index in [9.17, 15) is 8.42 Å². The first kappa shape index (κ1) is 16.9. The van der Waals surface area contributed by atoms with E-state index < -0.39 is 10.0 Å². The number of sulfonamides is 1. The highest BCUT2D eigenvalue weighted by molar-refractivity contribution is 9.10. The highest BCUT2D eigenvalue weighted by atomic mass is 79.9. The number of rotatable bonds is 4. The van der Waals surface area contributed by atoms with Gasteiger partial charge in [-0.3, -0.25) is 0 Å². The molecule has 118 valence electrons. The van der Waals surface area contributed by atoms with Crippen molar-refractivity contribution in [3.63, 3.8) is 0 Å². The molecular formula is C15H23BrN2O2S. The van der Waals surface area contributed by atoms with Gasteiger partial charge in [-0.25, -0.2) is 8.42 Å². The lowest BCUT2D eigenvalue weighted by Gasteiger charge is -2.30. The number of nitrogens with one attached hydrogen (secondary N) is 1. The van der Waals surface area contributed by atoms with Crippen molar-refractivity contribution in [1.29, 1.82) is 0 Å². The van der Waals surface area contributed by atoms with Crippen LogP contribution in [0.25, 0.3) is 0 Å². The van der Waals surface area contributed by atoms with E-state index in [1.165, 1.54) is 0 Å². The Kier molecular flexibility index (Phi) is 5.46. The van der Waals surface area contributed by atoms with E-state index in [0.29, 0.717) is 30.4 Å². The standard InChI is InChI=1S/C15H23BrN2O2S/c1-11-4-6-18(7-5-11)21(19,20)15-9-13(10-17-3)8-14(16)12(15)2/h8-9,11,17H,4-7,10H2,1-3H3. The summed E-state index contributed by atoms with van der Waals surface area (Å²) in [6.45, 7) is 5.93. The van der Waals surface area contributed by atoms with Gasteiger partial charge in [-0.05, 0) is 56.0 Å². The van der Waals surface area contributed by atoms with Gasteiger partial charge in [0.25, 0.3) is 0 Å². The number of piperidine rings is 1. The Hall–Kier alpha value is -0.430. The summed E-state index contributed by atoms with van der Waals surface area (Å²) in [6, 6.07) is 3.77. The zero-order valence-corrected chi connectivity index (χ0v) is 15.2. The lowest BCUT2D eigenvalue weighted by molar-refractivity contribution is 0.288. The van der Waals surface area contributed by atoms with Crippen molar-refractivity contribution < 1.29 is 8.42 Å². The molecule has 6 heteroatoms. The summed E-state index contributed by atoms with van der Waals surface area (Å²) in [4.78, 5) is 0.427. The maximum absolute atomic E-state index is 12.9. The van der Waals surface area contributed by atoms with Crippen molar-refractivity contribution in [3.05, 3.63) is 27.7 Å². The van der Waals surface area contributed by atoms with E-state index in [1.807, 2.05) is 20.0 Å². The van der Waals surface area contributed by atoms with E-state index in [-0.39, 0.29) is 0 Å². The molecule has 0 saturated carbocycles. The lowest BCUT2D eigenvalue weighted by atomic mass is 10.0. The fraction of sp³-hybridized carbons (Fsp3) is 0.600. The minimum atomic E-state index is -3.40. The van der Waals surface area contributed by atoms with Gasteiger partial charge in [0.1, 0.15) is 0 Å². The van der Waals surface area contributed by atoms with Crippen molar-refractivity contribution in [3.8, 4) is 0 Å². The molecule has 1 aromatic carbocycles. The van der Waals surface area contributed by atoms with Gasteiger partial charge >= 0.3 is 0 Å². The first-order valence-corrected chi connectivity index (χ1v) is 9.53. The third-order valence-electron chi connectivity index (χ3n) is 4.10. The van der Waals surface area contributed by atoms with Crippen LogP contribution >= 0.6 is 15.9 Å². The zero-order chi connectivity index (χ0) is 15.6. The lowest BCUT2D eigenvalue weighted by Crippen LogP contribution is -2.38. The average Bonchev–Trinajstić information content (AvgIpc) is 2.43. The molecule has 0 spiro atoms. The van der Waals surface area contributed by atoms with Gasteiger partial charge in [-0.15, -0.1) is 0 Å². The van der Waals surface area contributed by atoms with Crippen LogP contribution < -0.4 is 5.32 Å². The third kappa shape index (κ3) is 3.67. The van der Waals surface area contributed by atoms with Crippen LogP contribution in [-0.2, 0) is 16.6 Å². The SMILES string of the molecule is CNCc1cc(Br)c(C)c(S(=O)(=O)N2CCC(C)CC2)c1. The normalized spacial score (nSPS) is 18.1. The largest absolute Gasteiger partial charge is 0.316 e. The van der Waals surface area contributed by atoms with Gasteiger partial charge in [0.2, 0.25) is 10.0 Å². The summed E-state index contributed by atoms with van der Waals surface area (Å²) in [5.41, 5.74) is 1.76. The van der Waals surface area contributed by atoms with Crippen molar-refractivity contribution in [2.45, 2.75) is 38.1 Å². The second-order valence-electron chi connectivity index (χ2n) is 5.82. The molecule has 1 N–H and O–H groups in total. The molecule has 1 saturated heterocycles. The van der Waals surface area contributed by atoms with Crippen LogP contribution in [0.2, 0.25) is 0 Å². The Bertz CT molecular complexity index is 608. The van der Waals surface area contributed by atoms with Crippen LogP contribution in [-0.4, -0.2) is 32.9 Å². The van der Waals surface area contributed by atoms with E-state index >= 15 is 0 Å². The van der Waals surface area contributed by atoms with Crippen LogP contribution in [0.4, 0.5) is 0 Å². The highest BCUT2D eigenvalue weighted by Crippen LogP contribution is 2.30. The first-order chi connectivity index (χ1) is 9.86. The summed E-state index contributed by atoms with van der Waals surface area (Å²) in [5.74, 6) is 0.611. The van der Waals surface area contributed by atoms with E-state index in [4.69, 9.17) is 0 Å². The number of hydrogen-bond acceptors (Lipinski definition) is 3. The Balaban J connectivity index is 2.39. The molecule has 0 aliphatic carbocycles. The maximum Gasteiger partial charge on any atom is 0.243 e. The number of hydrogen-bond donors (Lipinski definition) is 1. The fourth-order valence-electron chi connectivity index (χ4n) is 2.65. The quantitative estimate of drug-likeness (QED) is 0.881. The molecular weight excluding hydrogens is 352 g/mol. The molecule has 21 heavy (non-hydrogen) atoms. The van der Waals surface area contributed by atoms with Gasteiger partial charge in [0, 0.05) is 24.1 Å². The van der Waals surface area contributed by atoms with E-state index in [2.05, 4.69) is 28.2 Å². The molecule has 2 rings (SSSR count). The molecule has 4 nitrogen and oxygen atoms in total. The minimum absolute atomic E-state index is 0.427. The molecule has 0 amide bonds. The molecule has 1 aliphatic heterocycles. The van der Waals surface area contributed by atoms with Crippen molar-refractivity contribution >= 4 is 26.0 Å². The summed E-state index contributed by atoms with van der Waals surface area (Å²) in [5, 5.41) is 3.07. The van der Waals surface area contributed by atoms with Crippen LogP contribution in [0, 0.1) is 12.8 Å². The second-order valence-corrected chi connectivity index (χ2v) is 8.58. The molecule has 1 aliphatic rings. The predicted molar refractivity (Wildman–Crippen MR) is 88.8 cm³/mol. The van der Waals surface area contributed by atoms with Gasteiger partial charge in [0.15, 0.2) is 0 Å². The van der Waals surface area contributed by atoms with Crippen LogP contribution in [0.1, 0.15) is 30.9 Å². The number of benzene rings is 1. The smallest absolute Gasteiger partial charge is 0.243 e. The predicted octanol–water partition coefficient (Wildman–Crippen LogP) is 2.90. The molecule has 0 radical (unpaired) electrons. The summed E-state index contributed by atoms with van der Waals surface area (Å²) in [6.07, 6.45) is 1.88. The second kappa shape index (κ2) is 6.77. The van der Waals surface area contributed by atoms with Gasteiger partial charge in [0.05, 0.1) is 4.90 Å². The molecule has 1 aromatic rings. The Morgan fingerprint density at radius 2 is 1.95 bits per heavy atom. The fourth-order valence-corrected chi connectivity index (χ4v) is 5.05. The highest BCUT2D eigenvalue weighted by Gasteiger charge is 2.30. The van der Waals surface area contributed by atoms with Crippen LogP contribution in [0.15, 0.2) is 21.5 Å². The Labute approximate surface area is 136 Å².